The Morgan fingerprint density at radius 2 is 1.89 bits per heavy atom. The Bertz CT molecular complexity index is 552. The van der Waals surface area contributed by atoms with Crippen molar-refractivity contribution >= 4 is 28.3 Å². The van der Waals surface area contributed by atoms with Crippen LogP contribution in [0, 0.1) is 3.57 Å². The normalized spacial score (nSPS) is 10.7. The topological polar surface area (TPSA) is 35.2 Å². The number of anilines is 1. The molecule has 2 rings (SSSR count). The summed E-state index contributed by atoms with van der Waals surface area (Å²) in [6.45, 7) is 4.35. The Balaban J connectivity index is 2.25. The zero-order valence-electron chi connectivity index (χ0n) is 10.5. The summed E-state index contributed by atoms with van der Waals surface area (Å²) < 4.78 is 6.91. The summed E-state index contributed by atoms with van der Waals surface area (Å²) in [6.07, 6.45) is 0. The van der Waals surface area contributed by atoms with Gasteiger partial charge in [0.1, 0.15) is 11.5 Å². The molecule has 0 aliphatic heterocycles. The van der Waals surface area contributed by atoms with E-state index in [2.05, 4.69) is 48.6 Å². The van der Waals surface area contributed by atoms with Gasteiger partial charge in [-0.05, 0) is 64.4 Å². The van der Waals surface area contributed by atoms with Gasteiger partial charge in [0.2, 0.25) is 0 Å². The molecule has 0 heterocycles. The van der Waals surface area contributed by atoms with Crippen LogP contribution >= 0.6 is 22.6 Å². The minimum Gasteiger partial charge on any atom is -0.456 e. The third-order valence-corrected chi connectivity index (χ3v) is 3.55. The molecule has 0 fully saturated rings. The highest BCUT2D eigenvalue weighted by molar-refractivity contribution is 14.1. The second kappa shape index (κ2) is 5.61. The number of nitrogen functional groups attached to an aromatic ring is 1. The fourth-order valence-corrected chi connectivity index (χ4v) is 2.31. The maximum absolute atomic E-state index is 5.89. The molecule has 18 heavy (non-hydrogen) atoms. The van der Waals surface area contributed by atoms with Gasteiger partial charge in [0.25, 0.3) is 0 Å². The smallest absolute Gasteiger partial charge is 0.140 e. The molecule has 0 bridgehead atoms. The lowest BCUT2D eigenvalue weighted by molar-refractivity contribution is 0.478. The molecule has 0 saturated carbocycles. The second-order valence-electron chi connectivity index (χ2n) is 4.52. The molecule has 0 atom stereocenters. The highest BCUT2D eigenvalue weighted by Crippen LogP contribution is 2.29. The van der Waals surface area contributed by atoms with E-state index in [1.807, 2.05) is 30.3 Å². The van der Waals surface area contributed by atoms with Gasteiger partial charge < -0.3 is 10.5 Å². The van der Waals surface area contributed by atoms with Crippen molar-refractivity contribution in [1.82, 2.24) is 0 Å². The first kappa shape index (κ1) is 13.2. The third kappa shape index (κ3) is 3.16. The number of rotatable bonds is 3. The van der Waals surface area contributed by atoms with Crippen LogP contribution in [-0.4, -0.2) is 0 Å². The van der Waals surface area contributed by atoms with Gasteiger partial charge in [0, 0.05) is 5.69 Å². The molecule has 0 amide bonds. The van der Waals surface area contributed by atoms with Crippen molar-refractivity contribution in [2.24, 2.45) is 0 Å². The fourth-order valence-electron chi connectivity index (χ4n) is 1.66. The average molecular weight is 353 g/mol. The zero-order chi connectivity index (χ0) is 13.1. The molecule has 94 valence electrons. The van der Waals surface area contributed by atoms with Crippen LogP contribution in [0.25, 0.3) is 0 Å². The maximum Gasteiger partial charge on any atom is 0.140 e. The van der Waals surface area contributed by atoms with E-state index in [0.717, 1.165) is 20.8 Å². The van der Waals surface area contributed by atoms with E-state index in [0.29, 0.717) is 5.92 Å². The molecule has 2 aromatic rings. The van der Waals surface area contributed by atoms with Crippen LogP contribution in [-0.2, 0) is 0 Å². The van der Waals surface area contributed by atoms with Crippen molar-refractivity contribution in [3.63, 3.8) is 0 Å². The number of hydrogen-bond donors (Lipinski definition) is 1. The van der Waals surface area contributed by atoms with Crippen molar-refractivity contribution in [3.8, 4) is 11.5 Å². The van der Waals surface area contributed by atoms with Crippen LogP contribution in [0.5, 0.6) is 11.5 Å². The predicted molar refractivity (Wildman–Crippen MR) is 84.2 cm³/mol. The van der Waals surface area contributed by atoms with Crippen molar-refractivity contribution in [2.75, 3.05) is 5.73 Å². The van der Waals surface area contributed by atoms with E-state index in [-0.39, 0.29) is 0 Å². The molecule has 2 aromatic carbocycles. The van der Waals surface area contributed by atoms with Crippen LogP contribution in [0.3, 0.4) is 0 Å². The summed E-state index contributed by atoms with van der Waals surface area (Å²) in [4.78, 5) is 0. The van der Waals surface area contributed by atoms with E-state index in [1.54, 1.807) is 0 Å². The molecule has 0 unspecified atom stereocenters. The molecule has 2 nitrogen and oxygen atoms in total. The van der Waals surface area contributed by atoms with E-state index in [4.69, 9.17) is 10.5 Å². The standard InChI is InChI=1S/C15H16INO/c1-10(2)11-4-3-5-13(8-11)18-15-7-6-12(17)9-14(15)16/h3-10H,17H2,1-2H3. The summed E-state index contributed by atoms with van der Waals surface area (Å²) in [7, 11) is 0. The van der Waals surface area contributed by atoms with Crippen molar-refractivity contribution in [2.45, 2.75) is 19.8 Å². The first-order valence-corrected chi connectivity index (χ1v) is 6.97. The van der Waals surface area contributed by atoms with E-state index in [1.165, 1.54) is 5.56 Å². The minimum absolute atomic E-state index is 0.499. The highest BCUT2D eigenvalue weighted by atomic mass is 127. The molecule has 2 N–H and O–H groups in total. The monoisotopic (exact) mass is 353 g/mol. The van der Waals surface area contributed by atoms with Crippen LogP contribution in [0.4, 0.5) is 5.69 Å². The van der Waals surface area contributed by atoms with Gasteiger partial charge in [-0.2, -0.15) is 0 Å². The molecule has 0 radical (unpaired) electrons. The van der Waals surface area contributed by atoms with Crippen LogP contribution < -0.4 is 10.5 Å². The SMILES string of the molecule is CC(C)c1cccc(Oc2ccc(N)cc2I)c1. The van der Waals surface area contributed by atoms with Gasteiger partial charge in [-0.1, -0.05) is 26.0 Å². The highest BCUT2D eigenvalue weighted by Gasteiger charge is 2.05. The Labute approximate surface area is 121 Å². The Morgan fingerprint density at radius 1 is 1.11 bits per heavy atom. The van der Waals surface area contributed by atoms with Crippen LogP contribution in [0.2, 0.25) is 0 Å². The Morgan fingerprint density at radius 3 is 2.56 bits per heavy atom. The van der Waals surface area contributed by atoms with Gasteiger partial charge in [-0.25, -0.2) is 0 Å². The molecule has 3 heteroatoms. The summed E-state index contributed by atoms with van der Waals surface area (Å²) in [5.74, 6) is 2.20. The molecular weight excluding hydrogens is 337 g/mol. The van der Waals surface area contributed by atoms with Crippen molar-refractivity contribution in [3.05, 3.63) is 51.6 Å². The molecular formula is C15H16INO. The third-order valence-electron chi connectivity index (χ3n) is 2.71. The summed E-state index contributed by atoms with van der Waals surface area (Å²) in [5, 5.41) is 0. The number of hydrogen-bond acceptors (Lipinski definition) is 2. The molecule has 0 aliphatic carbocycles. The largest absolute Gasteiger partial charge is 0.456 e. The molecule has 0 saturated heterocycles. The number of ether oxygens (including phenoxy) is 1. The van der Waals surface area contributed by atoms with E-state index >= 15 is 0 Å². The van der Waals surface area contributed by atoms with E-state index in [9.17, 15) is 0 Å². The number of halogens is 1. The summed E-state index contributed by atoms with van der Waals surface area (Å²) in [6, 6.07) is 13.8. The minimum atomic E-state index is 0.499. The lowest BCUT2D eigenvalue weighted by Crippen LogP contribution is -1.92. The quantitative estimate of drug-likeness (QED) is 0.636. The van der Waals surface area contributed by atoms with Gasteiger partial charge >= 0.3 is 0 Å². The number of nitrogens with two attached hydrogens (primary N) is 1. The van der Waals surface area contributed by atoms with Crippen molar-refractivity contribution in [1.29, 1.82) is 0 Å². The fraction of sp³-hybridized carbons (Fsp3) is 0.200. The van der Waals surface area contributed by atoms with Gasteiger partial charge in [0.05, 0.1) is 3.57 Å². The molecule has 0 spiro atoms. The number of benzene rings is 2. The van der Waals surface area contributed by atoms with Gasteiger partial charge in [-0.3, -0.25) is 0 Å². The predicted octanol–water partition coefficient (Wildman–Crippen LogP) is 4.79. The van der Waals surface area contributed by atoms with Crippen LogP contribution in [0.15, 0.2) is 42.5 Å². The average Bonchev–Trinajstić information content (AvgIpc) is 2.33. The maximum atomic E-state index is 5.89. The first-order chi connectivity index (χ1) is 8.56. The van der Waals surface area contributed by atoms with Gasteiger partial charge in [-0.15, -0.1) is 0 Å². The van der Waals surface area contributed by atoms with E-state index < -0.39 is 0 Å². The van der Waals surface area contributed by atoms with Crippen LogP contribution in [0.1, 0.15) is 25.3 Å². The summed E-state index contributed by atoms with van der Waals surface area (Å²) >= 11 is 2.23. The lowest BCUT2D eigenvalue weighted by atomic mass is 10.0. The Hall–Kier alpha value is -1.23. The Kier molecular flexibility index (Phi) is 4.11. The zero-order valence-corrected chi connectivity index (χ0v) is 12.6. The first-order valence-electron chi connectivity index (χ1n) is 5.89. The molecule has 0 aromatic heterocycles. The second-order valence-corrected chi connectivity index (χ2v) is 5.68. The van der Waals surface area contributed by atoms with Crippen molar-refractivity contribution < 1.29 is 4.74 Å². The van der Waals surface area contributed by atoms with Gasteiger partial charge in [0.15, 0.2) is 0 Å². The lowest BCUT2D eigenvalue weighted by Gasteiger charge is -2.11. The molecule has 0 aliphatic rings. The summed E-state index contributed by atoms with van der Waals surface area (Å²) in [5.41, 5.74) is 7.75.